The van der Waals surface area contributed by atoms with Crippen molar-refractivity contribution in [2.24, 2.45) is 0 Å². The number of aromatic nitrogens is 1. The second kappa shape index (κ2) is 7.38. The molecule has 4 aromatic rings. The van der Waals surface area contributed by atoms with Gasteiger partial charge in [-0.05, 0) is 53.1 Å². The summed E-state index contributed by atoms with van der Waals surface area (Å²) in [6.45, 7) is 0. The van der Waals surface area contributed by atoms with Crippen LogP contribution in [0.4, 0.5) is 10.1 Å². The molecule has 3 nitrogen and oxygen atoms in total. The molecule has 1 aromatic heterocycles. The van der Waals surface area contributed by atoms with Gasteiger partial charge in [0.1, 0.15) is 5.82 Å². The third-order valence-electron chi connectivity index (χ3n) is 4.41. The SMILES string of the molecule is O=C(Cc1ccc(-c2ccnc3ccccc23)cc1)Nc1ccc(F)cc1. The first-order chi connectivity index (χ1) is 13.2. The third kappa shape index (κ3) is 3.85. The summed E-state index contributed by atoms with van der Waals surface area (Å²) >= 11 is 0. The number of fused-ring (bicyclic) bond motifs is 1. The first-order valence-corrected chi connectivity index (χ1v) is 8.67. The summed E-state index contributed by atoms with van der Waals surface area (Å²) in [5, 5.41) is 3.87. The topological polar surface area (TPSA) is 42.0 Å². The second-order valence-electron chi connectivity index (χ2n) is 6.30. The van der Waals surface area contributed by atoms with Gasteiger partial charge in [0.25, 0.3) is 0 Å². The number of hydrogen-bond acceptors (Lipinski definition) is 2. The van der Waals surface area contributed by atoms with E-state index in [9.17, 15) is 9.18 Å². The molecule has 0 saturated carbocycles. The summed E-state index contributed by atoms with van der Waals surface area (Å²) in [6, 6.07) is 23.7. The molecule has 27 heavy (non-hydrogen) atoms. The molecular formula is C23H17FN2O. The van der Waals surface area contributed by atoms with Crippen molar-refractivity contribution in [2.75, 3.05) is 5.32 Å². The van der Waals surface area contributed by atoms with E-state index in [1.165, 1.54) is 12.1 Å². The number of carbonyl (C=O) groups is 1. The zero-order chi connectivity index (χ0) is 18.6. The van der Waals surface area contributed by atoms with E-state index in [1.807, 2.05) is 54.7 Å². The molecule has 132 valence electrons. The molecule has 0 spiro atoms. The molecule has 0 unspecified atom stereocenters. The predicted molar refractivity (Wildman–Crippen MR) is 106 cm³/mol. The minimum absolute atomic E-state index is 0.135. The molecule has 0 atom stereocenters. The van der Waals surface area contributed by atoms with Gasteiger partial charge in [0.05, 0.1) is 11.9 Å². The van der Waals surface area contributed by atoms with Crippen LogP contribution in [-0.2, 0) is 11.2 Å². The molecule has 0 aliphatic carbocycles. The van der Waals surface area contributed by atoms with Crippen LogP contribution in [-0.4, -0.2) is 10.9 Å². The highest BCUT2D eigenvalue weighted by atomic mass is 19.1. The molecule has 0 saturated heterocycles. The molecule has 1 amide bonds. The van der Waals surface area contributed by atoms with Crippen LogP contribution in [0.1, 0.15) is 5.56 Å². The largest absolute Gasteiger partial charge is 0.326 e. The van der Waals surface area contributed by atoms with Crippen molar-refractivity contribution in [1.82, 2.24) is 4.98 Å². The van der Waals surface area contributed by atoms with Crippen molar-refractivity contribution in [3.63, 3.8) is 0 Å². The van der Waals surface area contributed by atoms with Gasteiger partial charge in [-0.25, -0.2) is 4.39 Å². The predicted octanol–water partition coefficient (Wildman–Crippen LogP) is 5.22. The van der Waals surface area contributed by atoms with Crippen LogP contribution in [0.2, 0.25) is 0 Å². The summed E-state index contributed by atoms with van der Waals surface area (Å²) in [7, 11) is 0. The van der Waals surface area contributed by atoms with Crippen molar-refractivity contribution in [3.8, 4) is 11.1 Å². The Morgan fingerprint density at radius 2 is 1.63 bits per heavy atom. The number of pyridine rings is 1. The molecule has 0 aliphatic heterocycles. The zero-order valence-electron chi connectivity index (χ0n) is 14.5. The van der Waals surface area contributed by atoms with Crippen LogP contribution in [0, 0.1) is 5.82 Å². The summed E-state index contributed by atoms with van der Waals surface area (Å²) in [5.41, 5.74) is 4.65. The van der Waals surface area contributed by atoms with E-state index in [4.69, 9.17) is 0 Å². The van der Waals surface area contributed by atoms with Gasteiger partial charge < -0.3 is 5.32 Å². The molecule has 0 radical (unpaired) electrons. The minimum Gasteiger partial charge on any atom is -0.326 e. The Bertz CT molecular complexity index is 1080. The number of hydrogen-bond donors (Lipinski definition) is 1. The fourth-order valence-electron chi connectivity index (χ4n) is 3.07. The summed E-state index contributed by atoms with van der Waals surface area (Å²) in [4.78, 5) is 16.6. The highest BCUT2D eigenvalue weighted by molar-refractivity contribution is 5.95. The van der Waals surface area contributed by atoms with Crippen molar-refractivity contribution in [3.05, 3.63) is 96.4 Å². The number of nitrogens with zero attached hydrogens (tertiary/aromatic N) is 1. The van der Waals surface area contributed by atoms with E-state index in [0.717, 1.165) is 27.6 Å². The molecule has 4 heteroatoms. The van der Waals surface area contributed by atoms with Crippen LogP contribution in [0.15, 0.2) is 85.1 Å². The van der Waals surface area contributed by atoms with Crippen LogP contribution in [0.5, 0.6) is 0 Å². The van der Waals surface area contributed by atoms with E-state index >= 15 is 0 Å². The van der Waals surface area contributed by atoms with Crippen LogP contribution in [0.3, 0.4) is 0 Å². The smallest absolute Gasteiger partial charge is 0.228 e. The number of benzene rings is 3. The van der Waals surface area contributed by atoms with Crippen molar-refractivity contribution in [2.45, 2.75) is 6.42 Å². The van der Waals surface area contributed by atoms with Crippen molar-refractivity contribution >= 4 is 22.5 Å². The van der Waals surface area contributed by atoms with Gasteiger partial charge in [0.2, 0.25) is 5.91 Å². The number of nitrogens with one attached hydrogen (secondary N) is 1. The maximum absolute atomic E-state index is 12.9. The lowest BCUT2D eigenvalue weighted by Gasteiger charge is -2.08. The van der Waals surface area contributed by atoms with Crippen LogP contribution < -0.4 is 5.32 Å². The quantitative estimate of drug-likeness (QED) is 0.544. The Balaban J connectivity index is 1.50. The molecule has 0 bridgehead atoms. The lowest BCUT2D eigenvalue weighted by molar-refractivity contribution is -0.115. The van der Waals surface area contributed by atoms with Gasteiger partial charge >= 0.3 is 0 Å². The van der Waals surface area contributed by atoms with Gasteiger partial charge in [0.15, 0.2) is 0 Å². The van der Waals surface area contributed by atoms with Gasteiger partial charge in [-0.1, -0.05) is 42.5 Å². The summed E-state index contributed by atoms with van der Waals surface area (Å²) in [5.74, 6) is -0.462. The number of amides is 1. The number of para-hydroxylation sites is 1. The van der Waals surface area contributed by atoms with Crippen molar-refractivity contribution in [1.29, 1.82) is 0 Å². The Morgan fingerprint density at radius 3 is 2.41 bits per heavy atom. The van der Waals surface area contributed by atoms with Crippen LogP contribution >= 0.6 is 0 Å². The molecule has 1 heterocycles. The Hall–Kier alpha value is -3.53. The van der Waals surface area contributed by atoms with Crippen LogP contribution in [0.25, 0.3) is 22.0 Å². The monoisotopic (exact) mass is 356 g/mol. The number of anilines is 1. The van der Waals surface area contributed by atoms with Gasteiger partial charge in [0, 0.05) is 17.3 Å². The highest BCUT2D eigenvalue weighted by Gasteiger charge is 2.07. The maximum Gasteiger partial charge on any atom is 0.228 e. The Morgan fingerprint density at radius 1 is 0.889 bits per heavy atom. The highest BCUT2D eigenvalue weighted by Crippen LogP contribution is 2.27. The minimum atomic E-state index is -0.327. The van der Waals surface area contributed by atoms with E-state index < -0.39 is 0 Å². The molecular weight excluding hydrogens is 339 g/mol. The average molecular weight is 356 g/mol. The molecule has 4 rings (SSSR count). The number of halogens is 1. The summed E-state index contributed by atoms with van der Waals surface area (Å²) in [6.07, 6.45) is 2.07. The van der Waals surface area contributed by atoms with Gasteiger partial charge in [-0.3, -0.25) is 9.78 Å². The first kappa shape index (κ1) is 16.9. The Kier molecular flexibility index (Phi) is 4.62. The van der Waals surface area contributed by atoms with Gasteiger partial charge in [-0.2, -0.15) is 0 Å². The lowest BCUT2D eigenvalue weighted by atomic mass is 9.99. The molecule has 1 N–H and O–H groups in total. The van der Waals surface area contributed by atoms with Crippen molar-refractivity contribution < 1.29 is 9.18 Å². The standard InChI is InChI=1S/C23H17FN2O/c24-18-9-11-19(12-10-18)26-23(27)15-16-5-7-17(8-6-16)20-13-14-25-22-4-2-1-3-21(20)22/h1-14H,15H2,(H,26,27). The Labute approximate surface area is 156 Å². The molecule has 3 aromatic carbocycles. The lowest BCUT2D eigenvalue weighted by Crippen LogP contribution is -2.14. The number of carbonyl (C=O) groups excluding carboxylic acids is 1. The van der Waals surface area contributed by atoms with E-state index in [2.05, 4.69) is 16.4 Å². The van der Waals surface area contributed by atoms with E-state index in [1.54, 1.807) is 12.1 Å². The average Bonchev–Trinajstić information content (AvgIpc) is 2.70. The third-order valence-corrected chi connectivity index (χ3v) is 4.41. The molecule has 0 fully saturated rings. The molecule has 0 aliphatic rings. The first-order valence-electron chi connectivity index (χ1n) is 8.67. The number of rotatable bonds is 4. The fraction of sp³-hybridized carbons (Fsp3) is 0.0435. The second-order valence-corrected chi connectivity index (χ2v) is 6.30. The van der Waals surface area contributed by atoms with E-state index in [-0.39, 0.29) is 18.1 Å². The normalized spacial score (nSPS) is 10.7. The zero-order valence-corrected chi connectivity index (χ0v) is 14.5. The van der Waals surface area contributed by atoms with Gasteiger partial charge in [-0.15, -0.1) is 0 Å². The maximum atomic E-state index is 12.9. The van der Waals surface area contributed by atoms with E-state index in [0.29, 0.717) is 5.69 Å². The summed E-state index contributed by atoms with van der Waals surface area (Å²) < 4.78 is 12.9. The fourth-order valence-corrected chi connectivity index (χ4v) is 3.07.